The number of nitro benzene ring substituents is 1. The van der Waals surface area contributed by atoms with Gasteiger partial charge < -0.3 is 19.9 Å². The Bertz CT molecular complexity index is 1040. The number of nitrogens with one attached hydrogen (secondary N) is 1. The minimum atomic E-state index is -0.759. The number of para-hydroxylation sites is 2. The van der Waals surface area contributed by atoms with Gasteiger partial charge in [-0.25, -0.2) is 0 Å². The van der Waals surface area contributed by atoms with E-state index in [4.69, 9.17) is 16.3 Å². The van der Waals surface area contributed by atoms with Crippen molar-refractivity contribution in [2.75, 3.05) is 38.2 Å². The summed E-state index contributed by atoms with van der Waals surface area (Å²) in [5.74, 6) is -0.131. The lowest BCUT2D eigenvalue weighted by Crippen LogP contribution is -2.56. The Morgan fingerprint density at radius 1 is 1.12 bits per heavy atom. The van der Waals surface area contributed by atoms with Crippen molar-refractivity contribution in [2.24, 2.45) is 5.92 Å². The van der Waals surface area contributed by atoms with Crippen LogP contribution >= 0.6 is 11.6 Å². The smallest absolute Gasteiger partial charge is 0.288 e. The highest BCUT2D eigenvalue weighted by atomic mass is 35.5. The van der Waals surface area contributed by atoms with Crippen LogP contribution in [0.15, 0.2) is 42.5 Å². The number of halogens is 1. The summed E-state index contributed by atoms with van der Waals surface area (Å²) in [5, 5.41) is 13.8. The van der Waals surface area contributed by atoms with Gasteiger partial charge in [-0.05, 0) is 30.2 Å². The molecule has 0 bridgehead atoms. The van der Waals surface area contributed by atoms with Crippen LogP contribution in [0.3, 0.4) is 0 Å². The highest BCUT2D eigenvalue weighted by Gasteiger charge is 2.31. The number of hydrogen-bond donors (Lipinski definition) is 1. The highest BCUT2D eigenvalue weighted by molar-refractivity contribution is 6.32. The lowest BCUT2D eigenvalue weighted by atomic mass is 10.0. The Morgan fingerprint density at radius 2 is 1.79 bits per heavy atom. The van der Waals surface area contributed by atoms with Gasteiger partial charge in [-0.15, -0.1) is 0 Å². The van der Waals surface area contributed by atoms with Gasteiger partial charge in [0, 0.05) is 37.8 Å². The highest BCUT2D eigenvalue weighted by Crippen LogP contribution is 2.29. The van der Waals surface area contributed by atoms with Crippen molar-refractivity contribution < 1.29 is 19.2 Å². The molecule has 1 unspecified atom stereocenters. The van der Waals surface area contributed by atoms with E-state index in [0.29, 0.717) is 26.2 Å². The summed E-state index contributed by atoms with van der Waals surface area (Å²) in [6, 6.07) is 10.8. The summed E-state index contributed by atoms with van der Waals surface area (Å²) in [6.07, 6.45) is 0. The summed E-state index contributed by atoms with van der Waals surface area (Å²) in [5.41, 5.74) is 0.694. The molecule has 1 heterocycles. The number of rotatable bonds is 7. The number of carbonyl (C=O) groups is 2. The van der Waals surface area contributed by atoms with Gasteiger partial charge >= 0.3 is 0 Å². The second-order valence-corrected chi connectivity index (χ2v) is 8.51. The summed E-state index contributed by atoms with van der Waals surface area (Å²) in [7, 11) is 1.63. The number of nitro groups is 1. The van der Waals surface area contributed by atoms with Crippen LogP contribution < -0.4 is 15.0 Å². The van der Waals surface area contributed by atoms with Crippen molar-refractivity contribution in [3.63, 3.8) is 0 Å². The van der Waals surface area contributed by atoms with Crippen LogP contribution in [0.1, 0.15) is 24.2 Å². The number of methoxy groups -OCH3 is 1. The minimum absolute atomic E-state index is 0.0547. The quantitative estimate of drug-likeness (QED) is 0.487. The van der Waals surface area contributed by atoms with Crippen LogP contribution in [0.4, 0.5) is 11.4 Å². The van der Waals surface area contributed by atoms with Gasteiger partial charge in [-0.3, -0.25) is 19.7 Å². The number of anilines is 1. The van der Waals surface area contributed by atoms with Crippen molar-refractivity contribution in [2.45, 2.75) is 19.9 Å². The van der Waals surface area contributed by atoms with Gasteiger partial charge in [0.1, 0.15) is 16.8 Å². The zero-order valence-electron chi connectivity index (χ0n) is 18.8. The fourth-order valence-electron chi connectivity index (χ4n) is 3.79. The molecule has 1 saturated heterocycles. The summed E-state index contributed by atoms with van der Waals surface area (Å²) < 4.78 is 5.44. The van der Waals surface area contributed by atoms with Gasteiger partial charge in [0.05, 0.1) is 17.7 Å². The fraction of sp³-hybridized carbons (Fsp3) is 0.391. The number of benzene rings is 2. The van der Waals surface area contributed by atoms with Crippen molar-refractivity contribution in [1.29, 1.82) is 0 Å². The van der Waals surface area contributed by atoms with Gasteiger partial charge in [-0.2, -0.15) is 0 Å². The van der Waals surface area contributed by atoms with E-state index in [1.165, 1.54) is 12.1 Å². The molecule has 0 saturated carbocycles. The molecule has 3 rings (SSSR count). The average Bonchev–Trinajstić information content (AvgIpc) is 2.82. The monoisotopic (exact) mass is 474 g/mol. The Labute approximate surface area is 197 Å². The first kappa shape index (κ1) is 24.3. The third-order valence-corrected chi connectivity index (χ3v) is 5.96. The first-order valence-corrected chi connectivity index (χ1v) is 11.0. The molecule has 0 aliphatic carbocycles. The number of carbonyl (C=O) groups excluding carboxylic acids is 2. The van der Waals surface area contributed by atoms with E-state index in [9.17, 15) is 19.7 Å². The second kappa shape index (κ2) is 10.5. The molecule has 176 valence electrons. The third kappa shape index (κ3) is 5.54. The predicted octanol–water partition coefficient (Wildman–Crippen LogP) is 3.36. The van der Waals surface area contributed by atoms with Crippen LogP contribution in [-0.2, 0) is 4.79 Å². The molecule has 1 atom stereocenters. The molecular weight excluding hydrogens is 448 g/mol. The molecular formula is C23H27ClN4O5. The first-order valence-electron chi connectivity index (χ1n) is 10.6. The zero-order chi connectivity index (χ0) is 24.1. The molecule has 1 N–H and O–H groups in total. The molecule has 1 fully saturated rings. The Kier molecular flexibility index (Phi) is 7.75. The maximum absolute atomic E-state index is 13.2. The standard InChI is InChI=1S/C23H27ClN4O5/c1-15(2)21(25-22(29)16-8-9-17(24)19(14-16)28(31)32)23(30)27-12-10-26(11-13-27)18-6-4-5-7-20(18)33-3/h4-9,14-15,21H,10-13H2,1-3H3,(H,25,29). The summed E-state index contributed by atoms with van der Waals surface area (Å²) >= 11 is 5.83. The number of nitrogens with zero attached hydrogens (tertiary/aromatic N) is 3. The predicted molar refractivity (Wildman–Crippen MR) is 126 cm³/mol. The number of hydrogen-bond acceptors (Lipinski definition) is 6. The lowest BCUT2D eigenvalue weighted by Gasteiger charge is -2.38. The molecule has 0 radical (unpaired) electrons. The van der Waals surface area contributed by atoms with Gasteiger partial charge in [0.25, 0.3) is 11.6 Å². The average molecular weight is 475 g/mol. The van der Waals surface area contributed by atoms with Crippen LogP contribution in [0.25, 0.3) is 0 Å². The van der Waals surface area contributed by atoms with Crippen LogP contribution in [0.5, 0.6) is 5.75 Å². The molecule has 9 nitrogen and oxygen atoms in total. The van der Waals surface area contributed by atoms with Gasteiger partial charge in [-0.1, -0.05) is 37.6 Å². The van der Waals surface area contributed by atoms with E-state index in [1.54, 1.807) is 12.0 Å². The molecule has 1 aliphatic heterocycles. The van der Waals surface area contributed by atoms with E-state index in [2.05, 4.69) is 10.2 Å². The third-order valence-electron chi connectivity index (χ3n) is 5.64. The van der Waals surface area contributed by atoms with E-state index in [-0.39, 0.29) is 28.1 Å². The molecule has 33 heavy (non-hydrogen) atoms. The van der Waals surface area contributed by atoms with E-state index in [0.717, 1.165) is 17.5 Å². The van der Waals surface area contributed by atoms with E-state index < -0.39 is 16.9 Å². The fourth-order valence-corrected chi connectivity index (χ4v) is 3.97. The normalized spacial score (nSPS) is 14.7. The topological polar surface area (TPSA) is 105 Å². The molecule has 0 aromatic heterocycles. The van der Waals surface area contributed by atoms with E-state index >= 15 is 0 Å². The molecule has 2 amide bonds. The Balaban J connectivity index is 1.68. The zero-order valence-corrected chi connectivity index (χ0v) is 19.5. The Morgan fingerprint density at radius 3 is 2.39 bits per heavy atom. The lowest BCUT2D eigenvalue weighted by molar-refractivity contribution is -0.384. The molecule has 2 aromatic rings. The maximum atomic E-state index is 13.2. The van der Waals surface area contributed by atoms with Crippen molar-refractivity contribution in [3.05, 3.63) is 63.2 Å². The van der Waals surface area contributed by atoms with Crippen LogP contribution in [0.2, 0.25) is 5.02 Å². The van der Waals surface area contributed by atoms with E-state index in [1.807, 2.05) is 38.1 Å². The largest absolute Gasteiger partial charge is 0.495 e. The SMILES string of the molecule is COc1ccccc1N1CCN(C(=O)C(NC(=O)c2ccc(Cl)c([N+](=O)[O-])c2)C(C)C)CC1. The van der Waals surface area contributed by atoms with Crippen molar-refractivity contribution in [1.82, 2.24) is 10.2 Å². The van der Waals surface area contributed by atoms with Crippen LogP contribution in [-0.4, -0.2) is 61.0 Å². The van der Waals surface area contributed by atoms with Gasteiger partial charge in [0.2, 0.25) is 5.91 Å². The van der Waals surface area contributed by atoms with Crippen molar-refractivity contribution >= 4 is 34.8 Å². The second-order valence-electron chi connectivity index (χ2n) is 8.10. The van der Waals surface area contributed by atoms with Gasteiger partial charge in [0.15, 0.2) is 0 Å². The molecule has 1 aliphatic rings. The van der Waals surface area contributed by atoms with Crippen molar-refractivity contribution in [3.8, 4) is 5.75 Å². The van der Waals surface area contributed by atoms with Crippen LogP contribution in [0, 0.1) is 16.0 Å². The first-order chi connectivity index (χ1) is 15.7. The Hall–Kier alpha value is -3.33. The molecule has 0 spiro atoms. The number of ether oxygens (including phenoxy) is 1. The molecule has 2 aromatic carbocycles. The minimum Gasteiger partial charge on any atom is -0.495 e. The number of piperazine rings is 1. The number of amides is 2. The summed E-state index contributed by atoms with van der Waals surface area (Å²) in [4.78, 5) is 40.4. The molecule has 10 heteroatoms. The summed E-state index contributed by atoms with van der Waals surface area (Å²) in [6.45, 7) is 5.96. The maximum Gasteiger partial charge on any atom is 0.288 e.